The molecule has 0 aromatic heterocycles. The highest BCUT2D eigenvalue weighted by molar-refractivity contribution is 5.94. The molecule has 0 fully saturated rings. The molecule has 3 rings (SSSR count). The fourth-order valence-electron chi connectivity index (χ4n) is 1.91. The Morgan fingerprint density at radius 2 is 2.00 bits per heavy atom. The number of nitrogens with two attached hydrogens (primary N) is 1. The molecule has 2 aromatic rings. The molecule has 0 saturated carbocycles. The van der Waals surface area contributed by atoms with Gasteiger partial charge in [-0.2, -0.15) is 0 Å². The molecule has 108 valence electrons. The summed E-state index contributed by atoms with van der Waals surface area (Å²) >= 11 is 0. The molecule has 1 aliphatic rings. The number of benzene rings is 2. The van der Waals surface area contributed by atoms with Crippen molar-refractivity contribution in [1.82, 2.24) is 0 Å². The van der Waals surface area contributed by atoms with E-state index in [2.05, 4.69) is 5.32 Å². The van der Waals surface area contributed by atoms with Crippen LogP contribution < -0.4 is 25.3 Å². The highest BCUT2D eigenvalue weighted by atomic mass is 16.7. The van der Waals surface area contributed by atoms with Crippen molar-refractivity contribution in [3.8, 4) is 17.2 Å². The second-order valence-corrected chi connectivity index (χ2v) is 4.44. The van der Waals surface area contributed by atoms with Crippen molar-refractivity contribution < 1.29 is 19.0 Å². The number of anilines is 2. The van der Waals surface area contributed by atoms with Crippen LogP contribution in [0.15, 0.2) is 42.5 Å². The Bertz CT molecular complexity index is 672. The van der Waals surface area contributed by atoms with Gasteiger partial charge in [-0.3, -0.25) is 4.79 Å². The van der Waals surface area contributed by atoms with E-state index in [-0.39, 0.29) is 19.3 Å². The minimum Gasteiger partial charge on any atom is -0.484 e. The number of hydrogen-bond acceptors (Lipinski definition) is 5. The molecule has 1 heterocycles. The van der Waals surface area contributed by atoms with Gasteiger partial charge in [0.1, 0.15) is 5.75 Å². The molecule has 2 aromatic carbocycles. The molecular weight excluding hydrogens is 272 g/mol. The van der Waals surface area contributed by atoms with E-state index in [0.29, 0.717) is 28.6 Å². The van der Waals surface area contributed by atoms with Gasteiger partial charge in [-0.25, -0.2) is 0 Å². The number of rotatable bonds is 4. The SMILES string of the molecule is Nc1ccccc1NC(=O)COc1ccc2c(c1)OCO2. The van der Waals surface area contributed by atoms with Gasteiger partial charge in [0.05, 0.1) is 11.4 Å². The molecule has 21 heavy (non-hydrogen) atoms. The van der Waals surface area contributed by atoms with E-state index >= 15 is 0 Å². The number of nitrogens with one attached hydrogen (secondary N) is 1. The minimum absolute atomic E-state index is 0.117. The van der Waals surface area contributed by atoms with Crippen molar-refractivity contribution in [3.05, 3.63) is 42.5 Å². The number of ether oxygens (including phenoxy) is 3. The van der Waals surface area contributed by atoms with Crippen LogP contribution in [-0.2, 0) is 4.79 Å². The van der Waals surface area contributed by atoms with Crippen LogP contribution in [0, 0.1) is 0 Å². The summed E-state index contributed by atoms with van der Waals surface area (Å²) in [6, 6.07) is 12.2. The third kappa shape index (κ3) is 3.00. The molecule has 0 spiro atoms. The number of hydrogen-bond donors (Lipinski definition) is 2. The maximum atomic E-state index is 11.8. The number of para-hydroxylation sites is 2. The summed E-state index contributed by atoms with van der Waals surface area (Å²) in [4.78, 5) is 11.8. The topological polar surface area (TPSA) is 82.8 Å². The molecule has 0 bridgehead atoms. The fourth-order valence-corrected chi connectivity index (χ4v) is 1.91. The van der Waals surface area contributed by atoms with Crippen LogP contribution in [0.5, 0.6) is 17.2 Å². The number of carbonyl (C=O) groups excluding carboxylic acids is 1. The van der Waals surface area contributed by atoms with Crippen molar-refractivity contribution >= 4 is 17.3 Å². The third-order valence-corrected chi connectivity index (χ3v) is 2.95. The lowest BCUT2D eigenvalue weighted by molar-refractivity contribution is -0.118. The van der Waals surface area contributed by atoms with Crippen molar-refractivity contribution in [2.45, 2.75) is 0 Å². The molecule has 0 aliphatic carbocycles. The van der Waals surface area contributed by atoms with Crippen molar-refractivity contribution in [2.75, 3.05) is 24.5 Å². The molecule has 3 N–H and O–H groups in total. The molecular formula is C15H14N2O4. The largest absolute Gasteiger partial charge is 0.484 e. The molecule has 1 aliphatic heterocycles. The predicted molar refractivity (Wildman–Crippen MR) is 77.5 cm³/mol. The van der Waals surface area contributed by atoms with E-state index in [1.54, 1.807) is 42.5 Å². The summed E-state index contributed by atoms with van der Waals surface area (Å²) in [7, 11) is 0. The standard InChI is InChI=1S/C15H14N2O4/c16-11-3-1-2-4-12(11)17-15(18)8-19-10-5-6-13-14(7-10)21-9-20-13/h1-7H,8-9,16H2,(H,17,18). The van der Waals surface area contributed by atoms with Crippen molar-refractivity contribution in [3.63, 3.8) is 0 Å². The van der Waals surface area contributed by atoms with Crippen molar-refractivity contribution in [2.24, 2.45) is 0 Å². The van der Waals surface area contributed by atoms with E-state index in [0.717, 1.165) is 0 Å². The molecule has 0 unspecified atom stereocenters. The number of fused-ring (bicyclic) bond motifs is 1. The molecule has 1 amide bonds. The second-order valence-electron chi connectivity index (χ2n) is 4.44. The summed E-state index contributed by atoms with van der Waals surface area (Å²) in [5, 5.41) is 2.69. The lowest BCUT2D eigenvalue weighted by atomic mass is 10.2. The van der Waals surface area contributed by atoms with E-state index in [9.17, 15) is 4.79 Å². The van der Waals surface area contributed by atoms with Gasteiger partial charge in [0.15, 0.2) is 18.1 Å². The first kappa shape index (κ1) is 13.1. The lowest BCUT2D eigenvalue weighted by Gasteiger charge is -2.09. The molecule has 0 radical (unpaired) electrons. The van der Waals surface area contributed by atoms with Crippen LogP contribution in [0.1, 0.15) is 0 Å². The van der Waals surface area contributed by atoms with Crippen LogP contribution >= 0.6 is 0 Å². The van der Waals surface area contributed by atoms with Gasteiger partial charge in [0.25, 0.3) is 5.91 Å². The zero-order valence-corrected chi connectivity index (χ0v) is 11.2. The Morgan fingerprint density at radius 3 is 2.86 bits per heavy atom. The highest BCUT2D eigenvalue weighted by Gasteiger charge is 2.14. The number of nitrogen functional groups attached to an aromatic ring is 1. The first-order valence-corrected chi connectivity index (χ1v) is 6.39. The Hall–Kier alpha value is -2.89. The summed E-state index contributed by atoms with van der Waals surface area (Å²) in [5.74, 6) is 1.53. The zero-order chi connectivity index (χ0) is 14.7. The van der Waals surface area contributed by atoms with Crippen LogP contribution in [0.3, 0.4) is 0 Å². The first-order chi connectivity index (χ1) is 10.2. The van der Waals surface area contributed by atoms with Gasteiger partial charge in [-0.05, 0) is 24.3 Å². The summed E-state index contributed by atoms with van der Waals surface area (Å²) in [6.45, 7) is 0.0839. The maximum Gasteiger partial charge on any atom is 0.262 e. The fraction of sp³-hybridized carbons (Fsp3) is 0.133. The summed E-state index contributed by atoms with van der Waals surface area (Å²) < 4.78 is 15.9. The van der Waals surface area contributed by atoms with Gasteiger partial charge in [-0.1, -0.05) is 12.1 Å². The number of carbonyl (C=O) groups is 1. The van der Waals surface area contributed by atoms with Gasteiger partial charge in [0, 0.05) is 6.07 Å². The third-order valence-electron chi connectivity index (χ3n) is 2.95. The Labute approximate surface area is 121 Å². The highest BCUT2D eigenvalue weighted by Crippen LogP contribution is 2.35. The van der Waals surface area contributed by atoms with Gasteiger partial charge < -0.3 is 25.3 Å². The predicted octanol–water partition coefficient (Wildman–Crippen LogP) is 2.02. The van der Waals surface area contributed by atoms with Gasteiger partial charge >= 0.3 is 0 Å². The Morgan fingerprint density at radius 1 is 1.19 bits per heavy atom. The Kier molecular flexibility index (Phi) is 3.51. The number of amides is 1. The smallest absolute Gasteiger partial charge is 0.262 e. The minimum atomic E-state index is -0.287. The summed E-state index contributed by atoms with van der Waals surface area (Å²) in [6.07, 6.45) is 0. The van der Waals surface area contributed by atoms with Gasteiger partial charge in [0.2, 0.25) is 6.79 Å². The average Bonchev–Trinajstić information content (AvgIpc) is 2.95. The summed E-state index contributed by atoms with van der Waals surface area (Å²) in [5.41, 5.74) is 6.83. The van der Waals surface area contributed by atoms with Crippen LogP contribution in [0.2, 0.25) is 0 Å². The molecule has 0 atom stereocenters. The van der Waals surface area contributed by atoms with Crippen LogP contribution in [0.4, 0.5) is 11.4 Å². The second kappa shape index (κ2) is 5.62. The van der Waals surface area contributed by atoms with Crippen molar-refractivity contribution in [1.29, 1.82) is 0 Å². The molecule has 6 nitrogen and oxygen atoms in total. The molecule has 0 saturated heterocycles. The Balaban J connectivity index is 1.58. The first-order valence-electron chi connectivity index (χ1n) is 6.39. The lowest BCUT2D eigenvalue weighted by Crippen LogP contribution is -2.20. The average molecular weight is 286 g/mol. The van der Waals surface area contributed by atoms with E-state index < -0.39 is 0 Å². The quantitative estimate of drug-likeness (QED) is 0.840. The van der Waals surface area contributed by atoms with E-state index in [1.807, 2.05) is 0 Å². The van der Waals surface area contributed by atoms with Crippen LogP contribution in [0.25, 0.3) is 0 Å². The van der Waals surface area contributed by atoms with Gasteiger partial charge in [-0.15, -0.1) is 0 Å². The molecule has 6 heteroatoms. The zero-order valence-electron chi connectivity index (χ0n) is 11.2. The maximum absolute atomic E-state index is 11.8. The van der Waals surface area contributed by atoms with E-state index in [4.69, 9.17) is 19.9 Å². The monoisotopic (exact) mass is 286 g/mol. The van der Waals surface area contributed by atoms with E-state index in [1.165, 1.54) is 0 Å². The van der Waals surface area contributed by atoms with Crippen LogP contribution in [-0.4, -0.2) is 19.3 Å². The normalized spacial score (nSPS) is 12.0.